The van der Waals surface area contributed by atoms with Crippen LogP contribution in [-0.2, 0) is 19.6 Å². The molecule has 1 unspecified atom stereocenters. The van der Waals surface area contributed by atoms with Gasteiger partial charge in [-0.1, -0.05) is 56.3 Å². The Labute approximate surface area is 540 Å². The van der Waals surface area contributed by atoms with Gasteiger partial charge in [0.25, 0.3) is 0 Å². The van der Waals surface area contributed by atoms with Crippen LogP contribution in [0.2, 0.25) is 18.2 Å². The third-order valence-electron chi connectivity index (χ3n) is 9.70. The smallest absolute Gasteiger partial charge is 1.00 e. The Morgan fingerprint density at radius 3 is 1.43 bits per heavy atom. The Morgan fingerprint density at radius 1 is 0.600 bits per heavy atom. The van der Waals surface area contributed by atoms with Crippen molar-refractivity contribution in [2.45, 2.75) is 117 Å². The van der Waals surface area contributed by atoms with Gasteiger partial charge in [-0.05, 0) is 58.2 Å². The molecular formula is C46H73I6N9Na2Sn2. The summed E-state index contributed by atoms with van der Waals surface area (Å²) >= 11 is 3.87. The van der Waals surface area contributed by atoms with E-state index in [1.807, 2.05) is 30.3 Å². The van der Waals surface area contributed by atoms with Gasteiger partial charge in [-0.3, -0.25) is 0 Å². The molecule has 0 spiro atoms. The predicted molar refractivity (Wildman–Crippen MR) is 310 cm³/mol. The number of nitrogens with zero attached hydrogens (tertiary/aromatic N) is 3. The molecule has 12 N–H and O–H groups in total. The maximum atomic E-state index is 5.48. The summed E-state index contributed by atoms with van der Waals surface area (Å²) in [6, 6.07) is 36.4. The number of unbranched alkanes of at least 4 members (excludes halogenated alkanes) is 2. The van der Waals surface area contributed by atoms with Gasteiger partial charge < -0.3 is 59.4 Å². The van der Waals surface area contributed by atoms with E-state index < -0.39 is 18.4 Å². The summed E-state index contributed by atoms with van der Waals surface area (Å²) in [6.45, 7) is 13.2. The van der Waals surface area contributed by atoms with Gasteiger partial charge in [0.1, 0.15) is 0 Å². The predicted octanol–water partition coefficient (Wildman–Crippen LogP) is -1.37. The number of benzene rings is 4. The van der Waals surface area contributed by atoms with Crippen LogP contribution in [-0.4, -0.2) is 57.4 Å². The Hall–Kier alpha value is 2.67. The van der Waals surface area contributed by atoms with Gasteiger partial charge in [-0.2, -0.15) is 0 Å². The van der Waals surface area contributed by atoms with Crippen molar-refractivity contribution in [1.82, 2.24) is 0 Å². The first-order valence-electron chi connectivity index (χ1n) is 20.8. The molecule has 9 nitrogen and oxygen atoms in total. The monoisotopic (exact) mass is 1810 g/mol. The Kier molecular flexibility index (Phi) is 62.7. The molecule has 0 saturated carbocycles. The summed E-state index contributed by atoms with van der Waals surface area (Å²) in [7, 11) is 0. The van der Waals surface area contributed by atoms with E-state index in [1.54, 1.807) is 3.58 Å². The van der Waals surface area contributed by atoms with E-state index in [4.69, 9.17) is 34.4 Å². The fourth-order valence-electron chi connectivity index (χ4n) is 6.34. The molecule has 4 rings (SSSR count). The van der Waals surface area contributed by atoms with Crippen LogP contribution < -0.4 is 149 Å². The minimum Gasteiger partial charge on any atom is 1.00 e. The molecule has 0 amide bonds. The van der Waals surface area contributed by atoms with Crippen molar-refractivity contribution in [3.63, 3.8) is 0 Å². The SMILES string of the molecule is CCC(C)c1ccccc1.CCC[CH2][Sn]([CH2]CC)([CH2]CCC)[c]1cccc(CN=C(N)N)c1.I.II.NC(N)=NCc1cccc([131I])c1.[131I-].[131I-].[CH3][Sn][c]1cccc(CN=C(N)N)c1.[Na+].[Na+]. The van der Waals surface area contributed by atoms with Gasteiger partial charge in [-0.15, -0.1) is 24.0 Å². The summed E-state index contributed by atoms with van der Waals surface area (Å²) < 4.78 is 8.81. The van der Waals surface area contributed by atoms with Crippen LogP contribution in [0.3, 0.4) is 0 Å². The fourth-order valence-corrected chi connectivity index (χ4v) is 24.6. The van der Waals surface area contributed by atoms with Gasteiger partial charge >= 0.3 is 295 Å². The summed E-state index contributed by atoms with van der Waals surface area (Å²) in [5, 5.41) is 0. The van der Waals surface area contributed by atoms with Crippen molar-refractivity contribution in [2.24, 2.45) is 49.4 Å². The van der Waals surface area contributed by atoms with Crippen molar-refractivity contribution < 1.29 is 107 Å². The molecule has 0 aliphatic carbocycles. The average Bonchev–Trinajstić information content (AvgIpc) is 3.27. The van der Waals surface area contributed by atoms with E-state index in [-0.39, 0.29) is 170 Å². The Bertz CT molecular complexity index is 1800. The molecule has 0 fully saturated rings. The third-order valence-corrected chi connectivity index (χ3v) is 28.9. The molecule has 65 heavy (non-hydrogen) atoms. The topological polar surface area (TPSA) is 193 Å². The molecule has 0 aliphatic rings. The minimum absolute atomic E-state index is 0. The van der Waals surface area contributed by atoms with Gasteiger partial charge in [-0.25, -0.2) is 4.99 Å². The van der Waals surface area contributed by atoms with E-state index in [9.17, 15) is 0 Å². The zero-order valence-electron chi connectivity index (χ0n) is 40.0. The molecule has 4 aromatic carbocycles. The van der Waals surface area contributed by atoms with Gasteiger partial charge in [0.15, 0.2) is 5.96 Å². The van der Waals surface area contributed by atoms with Crippen molar-refractivity contribution in [3.05, 3.63) is 129 Å². The first kappa shape index (κ1) is 79.1. The second-order valence-corrected chi connectivity index (χ2v) is 32.0. The standard InChI is InChI=1S/C10H14.C8H10IN3.2C8H10N3.2C4H9.C3H7.CH3.I2.3HI.2Na.2Sn/c1-3-9(2)10-7-5-4-6-8-10;9-7-3-1-2-6(4-7)5-12-8(10)11;2*9-8(10)11-6-7-4-2-1-3-5-7;2*1-3-4-2;1-3-2;;1-2;;;;;;;/h4-9H,3H2,1-2H3;1-4H,5H2,(H4,10,11,12);2*1-2,4-5H,6H2,(H4,9,10,11);2*1,3-4H2,2H3;1,3H2,2H3;1H3;;3*1H;;;;/q;;;;;;;;;;;;2*+1;;/p-2/i;9+4;;;;;;;;2*1+4;;;;;. The van der Waals surface area contributed by atoms with Gasteiger partial charge in [0.2, 0.25) is 0 Å². The molecule has 1 atom stereocenters. The maximum absolute atomic E-state index is 5.48. The molecule has 4 aromatic rings. The van der Waals surface area contributed by atoms with Crippen molar-refractivity contribution in [2.75, 3.05) is 0 Å². The quantitative estimate of drug-likeness (QED) is 0.0309. The number of hydrogen-bond donors (Lipinski definition) is 6. The molecule has 2 radical (unpaired) electrons. The third kappa shape index (κ3) is 39.8. The summed E-state index contributed by atoms with van der Waals surface area (Å²) in [4.78, 5) is 14.3. The van der Waals surface area contributed by atoms with Crippen LogP contribution in [0.25, 0.3) is 0 Å². The number of aliphatic imine (C=N–C) groups is 3. The van der Waals surface area contributed by atoms with Crippen LogP contribution in [0.1, 0.15) is 101 Å². The number of nitrogens with two attached hydrogens (primary N) is 6. The first-order chi connectivity index (χ1) is 28.8. The van der Waals surface area contributed by atoms with Crippen molar-refractivity contribution >= 4 is 148 Å². The molecule has 0 heterocycles. The normalized spacial score (nSPS) is 9.80. The summed E-state index contributed by atoms with van der Waals surface area (Å²) in [5.74, 6) is 1.17. The Morgan fingerprint density at radius 2 is 1.03 bits per heavy atom. The molecule has 0 saturated heterocycles. The van der Waals surface area contributed by atoms with E-state index in [0.29, 0.717) is 25.6 Å². The van der Waals surface area contributed by atoms with E-state index in [2.05, 4.69) is 187 Å². The number of rotatable bonds is 18. The second kappa shape index (κ2) is 51.6. The molecule has 354 valence electrons. The number of hydrogen-bond acceptors (Lipinski definition) is 3. The van der Waals surface area contributed by atoms with E-state index >= 15 is 0 Å². The first-order valence-corrected chi connectivity index (χ1v) is 39.9. The Balaban J connectivity index is -0.000000180. The molecule has 0 aromatic heterocycles. The summed E-state index contributed by atoms with van der Waals surface area (Å²) in [5.41, 5.74) is 36.9. The number of guanidine groups is 3. The fraction of sp³-hybridized carbons (Fsp3) is 0.413. The maximum Gasteiger partial charge on any atom is 1.00 e. The summed E-state index contributed by atoms with van der Waals surface area (Å²) in [6.07, 6.45) is 7.94. The molecular weight excluding hydrogens is 1740 g/mol. The zero-order valence-corrected chi connectivity index (χ0v) is 62.8. The van der Waals surface area contributed by atoms with Gasteiger partial charge in [0.05, 0.1) is 6.54 Å². The molecule has 0 aliphatic heterocycles. The van der Waals surface area contributed by atoms with Crippen LogP contribution in [0.15, 0.2) is 118 Å². The zero-order chi connectivity index (χ0) is 45.2. The van der Waals surface area contributed by atoms with Crippen LogP contribution in [0.5, 0.6) is 0 Å². The van der Waals surface area contributed by atoms with Crippen LogP contribution in [0.4, 0.5) is 0 Å². The van der Waals surface area contributed by atoms with Crippen molar-refractivity contribution in [3.8, 4) is 0 Å². The van der Waals surface area contributed by atoms with Crippen LogP contribution in [0, 0.1) is 3.57 Å². The second-order valence-electron chi connectivity index (χ2n) is 14.5. The van der Waals surface area contributed by atoms with Crippen molar-refractivity contribution in [1.29, 1.82) is 0 Å². The van der Waals surface area contributed by atoms with Gasteiger partial charge in [0, 0.05) is 40.8 Å². The number of halogens is 6. The van der Waals surface area contributed by atoms with E-state index in [0.717, 1.165) is 5.56 Å². The molecule has 0 bridgehead atoms. The average molecular weight is 1810 g/mol. The largest absolute Gasteiger partial charge is 1.00 e. The van der Waals surface area contributed by atoms with E-state index in [1.165, 1.54) is 75.7 Å². The minimum atomic E-state index is -2.30. The molecule has 19 heteroatoms. The van der Waals surface area contributed by atoms with Crippen LogP contribution >= 0.6 is 83.8 Å².